The van der Waals surface area contributed by atoms with E-state index in [1.54, 1.807) is 12.3 Å². The second-order valence-corrected chi connectivity index (χ2v) is 5.19. The topological polar surface area (TPSA) is 51.4 Å². The first-order chi connectivity index (χ1) is 9.97. The van der Waals surface area contributed by atoms with E-state index in [9.17, 15) is 4.39 Å². The van der Waals surface area contributed by atoms with Crippen molar-refractivity contribution in [2.75, 3.05) is 17.7 Å². The molecule has 0 aliphatic rings. The molecule has 0 bridgehead atoms. The molecule has 21 heavy (non-hydrogen) atoms. The summed E-state index contributed by atoms with van der Waals surface area (Å²) in [6, 6.07) is 8.65. The van der Waals surface area contributed by atoms with Crippen molar-refractivity contribution in [3.63, 3.8) is 0 Å². The Morgan fingerprint density at radius 3 is 2.71 bits per heavy atom. The molecule has 1 aromatic heterocycles. The Hall–Kier alpha value is -2.30. The number of hydrogen-bond donors (Lipinski definition) is 1. The first-order valence-corrected chi connectivity index (χ1v) is 6.84. The maximum absolute atomic E-state index is 13.8. The molecular weight excluding hydrogens is 269 g/mol. The Bertz CT molecular complexity index is 602. The van der Waals surface area contributed by atoms with Gasteiger partial charge < -0.3 is 15.4 Å². The van der Waals surface area contributed by atoms with Gasteiger partial charge in [-0.2, -0.15) is 0 Å². The second kappa shape index (κ2) is 6.43. The van der Waals surface area contributed by atoms with E-state index in [0.717, 1.165) is 11.4 Å². The zero-order valence-corrected chi connectivity index (χ0v) is 12.5. The molecule has 1 aromatic carbocycles. The summed E-state index contributed by atoms with van der Waals surface area (Å²) in [6.07, 6.45) is 1.64. The second-order valence-electron chi connectivity index (χ2n) is 5.19. The minimum absolute atomic E-state index is 0.0999. The molecule has 1 heterocycles. The lowest BCUT2D eigenvalue weighted by Gasteiger charge is -2.22. The van der Waals surface area contributed by atoms with E-state index in [1.165, 1.54) is 6.07 Å². The molecule has 0 unspecified atom stereocenters. The van der Waals surface area contributed by atoms with Crippen LogP contribution in [0.15, 0.2) is 36.5 Å². The van der Waals surface area contributed by atoms with Gasteiger partial charge in [-0.3, -0.25) is 4.98 Å². The van der Waals surface area contributed by atoms with Gasteiger partial charge in [0.2, 0.25) is 0 Å². The molecule has 5 heteroatoms. The van der Waals surface area contributed by atoms with E-state index >= 15 is 0 Å². The van der Waals surface area contributed by atoms with Crippen molar-refractivity contribution in [3.8, 4) is 5.75 Å². The molecule has 2 N–H and O–H groups in total. The van der Waals surface area contributed by atoms with Crippen molar-refractivity contribution >= 4 is 11.4 Å². The zero-order chi connectivity index (χ0) is 15.4. The fourth-order valence-corrected chi connectivity index (χ4v) is 2.05. The molecule has 112 valence electrons. The number of nitrogens with two attached hydrogens (primary N) is 1. The third-order valence-electron chi connectivity index (χ3n) is 2.98. The lowest BCUT2D eigenvalue weighted by molar-refractivity contribution is 0.231. The van der Waals surface area contributed by atoms with Crippen LogP contribution in [-0.4, -0.2) is 18.1 Å². The van der Waals surface area contributed by atoms with E-state index in [-0.39, 0.29) is 11.9 Å². The molecule has 0 radical (unpaired) electrons. The van der Waals surface area contributed by atoms with Crippen molar-refractivity contribution in [2.45, 2.75) is 26.5 Å². The fraction of sp³-hybridized carbons (Fsp3) is 0.312. The van der Waals surface area contributed by atoms with E-state index in [2.05, 4.69) is 4.98 Å². The lowest BCUT2D eigenvalue weighted by Crippen LogP contribution is -2.19. The first kappa shape index (κ1) is 15.1. The maximum Gasteiger partial charge on any atom is 0.167 e. The van der Waals surface area contributed by atoms with Crippen molar-refractivity contribution in [2.24, 2.45) is 0 Å². The van der Waals surface area contributed by atoms with E-state index in [4.69, 9.17) is 10.5 Å². The normalized spacial score (nSPS) is 10.7. The Labute approximate surface area is 124 Å². The smallest absolute Gasteiger partial charge is 0.167 e. The fourth-order valence-electron chi connectivity index (χ4n) is 2.05. The molecule has 0 fully saturated rings. The van der Waals surface area contributed by atoms with Crippen LogP contribution in [0.3, 0.4) is 0 Å². The molecule has 0 amide bonds. The molecule has 0 atom stereocenters. The number of benzene rings is 1. The number of aromatic nitrogens is 1. The van der Waals surface area contributed by atoms with Crippen LogP contribution < -0.4 is 15.4 Å². The highest BCUT2D eigenvalue weighted by Crippen LogP contribution is 2.31. The number of nitrogen functional groups attached to an aromatic ring is 1. The predicted molar refractivity (Wildman–Crippen MR) is 82.9 cm³/mol. The van der Waals surface area contributed by atoms with Gasteiger partial charge in [0.25, 0.3) is 0 Å². The minimum Gasteiger partial charge on any atom is -0.488 e. The van der Waals surface area contributed by atoms with E-state index in [1.807, 2.05) is 44.0 Å². The van der Waals surface area contributed by atoms with Gasteiger partial charge in [0.05, 0.1) is 29.7 Å². The molecular formula is C16H20FN3O. The lowest BCUT2D eigenvalue weighted by atomic mass is 10.2. The molecule has 2 rings (SSSR count). The SMILES string of the molecule is CC(C)Oc1cc(N(C)Cc2ccccn2)c(N)cc1F. The van der Waals surface area contributed by atoms with Gasteiger partial charge >= 0.3 is 0 Å². The van der Waals surface area contributed by atoms with Crippen molar-refractivity contribution < 1.29 is 9.13 Å². The number of hydrogen-bond acceptors (Lipinski definition) is 4. The van der Waals surface area contributed by atoms with Crippen LogP contribution in [0.1, 0.15) is 19.5 Å². The number of anilines is 2. The zero-order valence-electron chi connectivity index (χ0n) is 12.5. The molecule has 0 saturated carbocycles. The summed E-state index contributed by atoms with van der Waals surface area (Å²) in [7, 11) is 1.89. The number of pyridine rings is 1. The molecule has 4 nitrogen and oxygen atoms in total. The summed E-state index contributed by atoms with van der Waals surface area (Å²) < 4.78 is 19.3. The van der Waals surface area contributed by atoms with Crippen LogP contribution in [0.2, 0.25) is 0 Å². The van der Waals surface area contributed by atoms with Crippen LogP contribution in [0.5, 0.6) is 5.75 Å². The Morgan fingerprint density at radius 2 is 2.10 bits per heavy atom. The van der Waals surface area contributed by atoms with Crippen molar-refractivity contribution in [1.82, 2.24) is 4.98 Å². The number of halogens is 1. The van der Waals surface area contributed by atoms with E-state index < -0.39 is 5.82 Å². The number of ether oxygens (including phenoxy) is 1. The minimum atomic E-state index is -0.448. The average molecular weight is 289 g/mol. The van der Waals surface area contributed by atoms with Gasteiger partial charge in [-0.05, 0) is 26.0 Å². The summed E-state index contributed by atoms with van der Waals surface area (Å²) in [5.41, 5.74) is 7.93. The van der Waals surface area contributed by atoms with Gasteiger partial charge in [0.15, 0.2) is 11.6 Å². The summed E-state index contributed by atoms with van der Waals surface area (Å²) in [4.78, 5) is 6.20. The maximum atomic E-state index is 13.8. The van der Waals surface area contributed by atoms with Crippen molar-refractivity contribution in [3.05, 3.63) is 48.0 Å². The third kappa shape index (κ3) is 3.84. The standard InChI is InChI=1S/C16H20FN3O/c1-11(2)21-16-9-15(14(18)8-13(16)17)20(3)10-12-6-4-5-7-19-12/h4-9,11H,10,18H2,1-3H3. The number of nitrogens with zero attached hydrogens (tertiary/aromatic N) is 2. The van der Waals surface area contributed by atoms with Gasteiger partial charge in [0.1, 0.15) is 0 Å². The van der Waals surface area contributed by atoms with Crippen LogP contribution >= 0.6 is 0 Å². The van der Waals surface area contributed by atoms with Gasteiger partial charge in [-0.25, -0.2) is 4.39 Å². The Morgan fingerprint density at radius 1 is 1.33 bits per heavy atom. The molecule has 0 spiro atoms. The van der Waals surface area contributed by atoms with Gasteiger partial charge in [0, 0.05) is 25.4 Å². The van der Waals surface area contributed by atoms with Crippen LogP contribution in [0, 0.1) is 5.82 Å². The van der Waals surface area contributed by atoms with Crippen LogP contribution in [0.4, 0.5) is 15.8 Å². The Kier molecular flexibility index (Phi) is 4.62. The molecule has 2 aromatic rings. The molecule has 0 saturated heterocycles. The average Bonchev–Trinajstić information content (AvgIpc) is 2.42. The summed E-state index contributed by atoms with van der Waals surface area (Å²) in [5.74, 6) is -0.238. The quantitative estimate of drug-likeness (QED) is 0.859. The summed E-state index contributed by atoms with van der Waals surface area (Å²) >= 11 is 0. The monoisotopic (exact) mass is 289 g/mol. The Balaban J connectivity index is 2.25. The van der Waals surface area contributed by atoms with E-state index in [0.29, 0.717) is 12.2 Å². The molecule has 0 aliphatic heterocycles. The van der Waals surface area contributed by atoms with Crippen LogP contribution in [-0.2, 0) is 6.54 Å². The van der Waals surface area contributed by atoms with Gasteiger partial charge in [-0.15, -0.1) is 0 Å². The highest BCUT2D eigenvalue weighted by molar-refractivity contribution is 5.69. The molecule has 0 aliphatic carbocycles. The summed E-state index contributed by atoms with van der Waals surface area (Å²) in [6.45, 7) is 4.29. The third-order valence-corrected chi connectivity index (χ3v) is 2.98. The largest absolute Gasteiger partial charge is 0.488 e. The van der Waals surface area contributed by atoms with Gasteiger partial charge in [-0.1, -0.05) is 6.07 Å². The van der Waals surface area contributed by atoms with Crippen molar-refractivity contribution in [1.29, 1.82) is 0 Å². The van der Waals surface area contributed by atoms with Crippen LogP contribution in [0.25, 0.3) is 0 Å². The summed E-state index contributed by atoms with van der Waals surface area (Å²) in [5, 5.41) is 0. The number of rotatable bonds is 5. The predicted octanol–water partition coefficient (Wildman–Crippen LogP) is 3.23. The highest BCUT2D eigenvalue weighted by atomic mass is 19.1. The first-order valence-electron chi connectivity index (χ1n) is 6.84. The highest BCUT2D eigenvalue weighted by Gasteiger charge is 2.14.